The second-order valence-corrected chi connectivity index (χ2v) is 11.1. The second-order valence-electron chi connectivity index (χ2n) is 11.1. The predicted octanol–water partition coefficient (Wildman–Crippen LogP) is 11.3. The van der Waals surface area contributed by atoms with E-state index < -0.39 is 0 Å². The van der Waals surface area contributed by atoms with Crippen LogP contribution in [0.25, 0.3) is 82.6 Å². The number of hydrogen-bond acceptors (Lipinski definition) is 1. The SMILES string of the molecule is C1=Cc2c(c3ccccc3c3oc4cc(-c5c6ccccc6c(-c6ccccc6)c6ccccc56)ccc4c23)CC1. The molecule has 192 valence electrons. The van der Waals surface area contributed by atoms with Crippen LogP contribution in [-0.4, -0.2) is 0 Å². The molecular formula is C40H26O. The third kappa shape index (κ3) is 3.24. The molecule has 9 rings (SSSR count). The fourth-order valence-corrected chi connectivity index (χ4v) is 7.19. The lowest BCUT2D eigenvalue weighted by molar-refractivity contribution is 0.672. The molecule has 7 aromatic carbocycles. The molecule has 0 N–H and O–H groups in total. The Morgan fingerprint density at radius 1 is 0.488 bits per heavy atom. The van der Waals surface area contributed by atoms with E-state index in [1.54, 1.807) is 0 Å². The summed E-state index contributed by atoms with van der Waals surface area (Å²) >= 11 is 0. The molecule has 0 saturated heterocycles. The van der Waals surface area contributed by atoms with E-state index in [4.69, 9.17) is 4.42 Å². The zero-order chi connectivity index (χ0) is 26.9. The summed E-state index contributed by atoms with van der Waals surface area (Å²) in [6.45, 7) is 0. The molecule has 1 heteroatoms. The standard InChI is InChI=1S/C40H26O/c1-2-12-25(13-3-1)37-30-17-7-9-19-32(30)38(33-20-10-8-18-31(33)37)26-22-23-35-36(24-26)41-40-34-21-11-5-15-28(34)27-14-4-6-16-29(27)39(35)40/h1-3,5-13,15-24H,4,14H2. The summed E-state index contributed by atoms with van der Waals surface area (Å²) in [5.41, 5.74) is 9.65. The Morgan fingerprint density at radius 3 is 1.76 bits per heavy atom. The monoisotopic (exact) mass is 522 g/mol. The molecule has 0 aliphatic heterocycles. The van der Waals surface area contributed by atoms with Crippen molar-refractivity contribution in [1.29, 1.82) is 0 Å². The number of hydrogen-bond donors (Lipinski definition) is 0. The molecule has 0 unspecified atom stereocenters. The molecule has 1 aliphatic carbocycles. The molecule has 0 radical (unpaired) electrons. The zero-order valence-corrected chi connectivity index (χ0v) is 22.5. The molecule has 1 aliphatic rings. The van der Waals surface area contributed by atoms with E-state index in [0.717, 1.165) is 24.0 Å². The van der Waals surface area contributed by atoms with Gasteiger partial charge >= 0.3 is 0 Å². The summed E-state index contributed by atoms with van der Waals surface area (Å²) in [5, 5.41) is 9.99. The number of aryl methyl sites for hydroxylation is 1. The summed E-state index contributed by atoms with van der Waals surface area (Å²) in [6.07, 6.45) is 6.76. The maximum Gasteiger partial charge on any atom is 0.143 e. The van der Waals surface area contributed by atoms with Crippen molar-refractivity contribution in [3.8, 4) is 22.3 Å². The van der Waals surface area contributed by atoms with Gasteiger partial charge in [-0.25, -0.2) is 0 Å². The minimum absolute atomic E-state index is 0.940. The summed E-state index contributed by atoms with van der Waals surface area (Å²) in [7, 11) is 0. The highest BCUT2D eigenvalue weighted by atomic mass is 16.3. The van der Waals surface area contributed by atoms with Crippen LogP contribution in [0.15, 0.2) is 132 Å². The molecule has 0 fully saturated rings. The average Bonchev–Trinajstić information content (AvgIpc) is 3.43. The average molecular weight is 523 g/mol. The first-order chi connectivity index (χ1) is 20.4. The fourth-order valence-electron chi connectivity index (χ4n) is 7.19. The summed E-state index contributed by atoms with van der Waals surface area (Å²) in [4.78, 5) is 0. The van der Waals surface area contributed by atoms with Crippen molar-refractivity contribution in [2.45, 2.75) is 12.8 Å². The van der Waals surface area contributed by atoms with Crippen LogP contribution in [0, 0.1) is 0 Å². The minimum Gasteiger partial charge on any atom is -0.455 e. The largest absolute Gasteiger partial charge is 0.455 e. The molecule has 1 aromatic heterocycles. The Hall–Kier alpha value is -5.14. The fraction of sp³-hybridized carbons (Fsp3) is 0.0500. The topological polar surface area (TPSA) is 13.1 Å². The molecule has 0 bridgehead atoms. The zero-order valence-electron chi connectivity index (χ0n) is 22.5. The highest BCUT2D eigenvalue weighted by Gasteiger charge is 2.21. The van der Waals surface area contributed by atoms with Crippen LogP contribution in [0.5, 0.6) is 0 Å². The Balaban J connectivity index is 1.38. The Bertz CT molecular complexity index is 2290. The number of furan rings is 1. The molecule has 0 saturated carbocycles. The Morgan fingerprint density at radius 2 is 1.07 bits per heavy atom. The van der Waals surface area contributed by atoms with E-state index in [1.165, 1.54) is 76.5 Å². The summed E-state index contributed by atoms with van der Waals surface area (Å²) in [6, 6.07) is 44.0. The second kappa shape index (κ2) is 8.68. The van der Waals surface area contributed by atoms with Gasteiger partial charge in [-0.1, -0.05) is 121 Å². The van der Waals surface area contributed by atoms with Gasteiger partial charge in [0.1, 0.15) is 11.2 Å². The van der Waals surface area contributed by atoms with Crippen LogP contribution < -0.4 is 0 Å². The van der Waals surface area contributed by atoms with E-state index in [1.807, 2.05) is 0 Å². The molecular weight excluding hydrogens is 496 g/mol. The van der Waals surface area contributed by atoms with Crippen LogP contribution in [0.4, 0.5) is 0 Å². The Kier molecular flexibility index (Phi) is 4.80. The number of fused-ring (bicyclic) bond motifs is 10. The van der Waals surface area contributed by atoms with Gasteiger partial charge in [0.15, 0.2) is 0 Å². The molecule has 0 amide bonds. The maximum absolute atomic E-state index is 6.78. The van der Waals surface area contributed by atoms with Crippen molar-refractivity contribution in [1.82, 2.24) is 0 Å². The van der Waals surface area contributed by atoms with Crippen molar-refractivity contribution in [3.05, 3.63) is 139 Å². The molecule has 0 spiro atoms. The smallest absolute Gasteiger partial charge is 0.143 e. The predicted molar refractivity (Wildman–Crippen MR) is 174 cm³/mol. The van der Waals surface area contributed by atoms with Gasteiger partial charge in [-0.15, -0.1) is 0 Å². The van der Waals surface area contributed by atoms with Gasteiger partial charge in [0.05, 0.1) is 0 Å². The molecule has 1 nitrogen and oxygen atoms in total. The lowest BCUT2D eigenvalue weighted by Crippen LogP contribution is -1.96. The van der Waals surface area contributed by atoms with Gasteiger partial charge in [0.25, 0.3) is 0 Å². The van der Waals surface area contributed by atoms with E-state index in [9.17, 15) is 0 Å². The normalized spacial score (nSPS) is 13.1. The van der Waals surface area contributed by atoms with Gasteiger partial charge < -0.3 is 4.42 Å². The van der Waals surface area contributed by atoms with Gasteiger partial charge in [0.2, 0.25) is 0 Å². The quantitative estimate of drug-likeness (QED) is 0.206. The van der Waals surface area contributed by atoms with E-state index in [2.05, 4.69) is 133 Å². The summed E-state index contributed by atoms with van der Waals surface area (Å²) in [5.74, 6) is 0. The van der Waals surface area contributed by atoms with Gasteiger partial charge in [-0.2, -0.15) is 0 Å². The van der Waals surface area contributed by atoms with E-state index in [0.29, 0.717) is 0 Å². The van der Waals surface area contributed by atoms with Crippen molar-refractivity contribution in [2.24, 2.45) is 0 Å². The third-order valence-corrected chi connectivity index (χ3v) is 8.91. The third-order valence-electron chi connectivity index (χ3n) is 8.91. The minimum atomic E-state index is 0.940. The van der Waals surface area contributed by atoms with Crippen molar-refractivity contribution in [3.63, 3.8) is 0 Å². The van der Waals surface area contributed by atoms with Crippen LogP contribution in [0.2, 0.25) is 0 Å². The number of rotatable bonds is 2. The van der Waals surface area contributed by atoms with Crippen LogP contribution in [-0.2, 0) is 6.42 Å². The van der Waals surface area contributed by atoms with Gasteiger partial charge in [-0.05, 0) is 85.3 Å². The van der Waals surface area contributed by atoms with Gasteiger partial charge in [-0.3, -0.25) is 0 Å². The van der Waals surface area contributed by atoms with Crippen LogP contribution in [0.3, 0.4) is 0 Å². The molecule has 0 atom stereocenters. The van der Waals surface area contributed by atoms with Crippen molar-refractivity contribution in [2.75, 3.05) is 0 Å². The molecule has 41 heavy (non-hydrogen) atoms. The highest BCUT2D eigenvalue weighted by molar-refractivity contribution is 6.23. The summed E-state index contributed by atoms with van der Waals surface area (Å²) < 4.78 is 6.78. The molecule has 8 aromatic rings. The van der Waals surface area contributed by atoms with E-state index >= 15 is 0 Å². The van der Waals surface area contributed by atoms with Crippen LogP contribution >= 0.6 is 0 Å². The first-order valence-electron chi connectivity index (χ1n) is 14.4. The lowest BCUT2D eigenvalue weighted by Gasteiger charge is -2.17. The van der Waals surface area contributed by atoms with Crippen molar-refractivity contribution < 1.29 is 4.42 Å². The highest BCUT2D eigenvalue weighted by Crippen LogP contribution is 2.46. The lowest BCUT2D eigenvalue weighted by atomic mass is 9.85. The van der Waals surface area contributed by atoms with Gasteiger partial charge in [0, 0.05) is 16.2 Å². The van der Waals surface area contributed by atoms with Crippen molar-refractivity contribution >= 4 is 60.3 Å². The maximum atomic E-state index is 6.78. The first kappa shape index (κ1) is 22.7. The molecule has 1 heterocycles. The number of benzene rings is 7. The number of allylic oxidation sites excluding steroid dienone is 1. The Labute approximate surface area is 238 Å². The van der Waals surface area contributed by atoms with E-state index in [-0.39, 0.29) is 0 Å². The van der Waals surface area contributed by atoms with Crippen LogP contribution in [0.1, 0.15) is 17.5 Å². The first-order valence-corrected chi connectivity index (χ1v) is 14.4.